The number of hydrogen-bond acceptors (Lipinski definition) is 3. The Balaban J connectivity index is 1.59. The van der Waals surface area contributed by atoms with Gasteiger partial charge in [0.25, 0.3) is 0 Å². The summed E-state index contributed by atoms with van der Waals surface area (Å²) in [4.78, 5) is 36.7. The maximum atomic E-state index is 12.8. The standard InChI is InChI=1S/C16H21FN4O3/c17-13-5-3-12(4-6-13)9-19-16(24)20-10-14(22)18-11-15(23)21-7-1-2-8-21/h3-6H,1-2,7-11H2,(H,18,22)(H2,19,20,24). The third kappa shape index (κ3) is 5.86. The maximum Gasteiger partial charge on any atom is 0.315 e. The van der Waals surface area contributed by atoms with Gasteiger partial charge in [0.2, 0.25) is 11.8 Å². The van der Waals surface area contributed by atoms with Crippen LogP contribution in [0.25, 0.3) is 0 Å². The number of nitrogens with zero attached hydrogens (tertiary/aromatic N) is 1. The lowest BCUT2D eigenvalue weighted by molar-refractivity contribution is -0.131. The van der Waals surface area contributed by atoms with Crippen LogP contribution < -0.4 is 16.0 Å². The molecule has 0 aliphatic carbocycles. The number of amides is 4. The molecule has 1 aliphatic rings. The highest BCUT2D eigenvalue weighted by Crippen LogP contribution is 2.06. The van der Waals surface area contributed by atoms with Crippen LogP contribution in [0.2, 0.25) is 0 Å². The summed E-state index contributed by atoms with van der Waals surface area (Å²) >= 11 is 0. The summed E-state index contributed by atoms with van der Waals surface area (Å²) in [6.45, 7) is 1.42. The van der Waals surface area contributed by atoms with E-state index in [1.807, 2.05) is 0 Å². The molecule has 0 saturated carbocycles. The molecule has 1 fully saturated rings. The summed E-state index contributed by atoms with van der Waals surface area (Å²) in [5.74, 6) is -0.885. The van der Waals surface area contributed by atoms with Crippen molar-refractivity contribution in [2.75, 3.05) is 26.2 Å². The number of halogens is 1. The molecule has 0 aromatic heterocycles. The van der Waals surface area contributed by atoms with Crippen LogP contribution in [0.1, 0.15) is 18.4 Å². The Bertz CT molecular complexity index is 585. The molecule has 1 heterocycles. The van der Waals surface area contributed by atoms with Crippen molar-refractivity contribution >= 4 is 17.8 Å². The van der Waals surface area contributed by atoms with E-state index in [1.165, 1.54) is 12.1 Å². The maximum absolute atomic E-state index is 12.8. The monoisotopic (exact) mass is 336 g/mol. The molecule has 1 saturated heterocycles. The molecule has 1 aromatic carbocycles. The van der Waals surface area contributed by atoms with Crippen LogP contribution in [0, 0.1) is 5.82 Å². The number of benzene rings is 1. The first-order valence-electron chi connectivity index (χ1n) is 7.85. The minimum atomic E-state index is -0.514. The average Bonchev–Trinajstić information content (AvgIpc) is 3.12. The van der Waals surface area contributed by atoms with E-state index in [-0.39, 0.29) is 31.4 Å². The van der Waals surface area contributed by atoms with Gasteiger partial charge in [0, 0.05) is 19.6 Å². The third-order valence-corrected chi connectivity index (χ3v) is 3.67. The summed E-state index contributed by atoms with van der Waals surface area (Å²) in [6.07, 6.45) is 1.99. The molecule has 0 radical (unpaired) electrons. The van der Waals surface area contributed by atoms with Gasteiger partial charge in [-0.3, -0.25) is 9.59 Å². The van der Waals surface area contributed by atoms with E-state index in [0.717, 1.165) is 31.5 Å². The third-order valence-electron chi connectivity index (χ3n) is 3.67. The molecular weight excluding hydrogens is 315 g/mol. The minimum absolute atomic E-state index is 0.0578. The molecule has 0 bridgehead atoms. The number of rotatable bonds is 6. The van der Waals surface area contributed by atoms with E-state index in [0.29, 0.717) is 0 Å². The molecule has 0 unspecified atom stereocenters. The zero-order valence-electron chi connectivity index (χ0n) is 13.3. The summed E-state index contributed by atoms with van der Waals surface area (Å²) in [5, 5.41) is 7.43. The van der Waals surface area contributed by atoms with Gasteiger partial charge < -0.3 is 20.9 Å². The lowest BCUT2D eigenvalue weighted by atomic mass is 10.2. The van der Waals surface area contributed by atoms with Gasteiger partial charge in [-0.1, -0.05) is 12.1 Å². The van der Waals surface area contributed by atoms with Crippen LogP contribution in [-0.4, -0.2) is 48.9 Å². The van der Waals surface area contributed by atoms with Gasteiger partial charge in [0.05, 0.1) is 13.1 Å². The van der Waals surface area contributed by atoms with Crippen molar-refractivity contribution in [2.24, 2.45) is 0 Å². The van der Waals surface area contributed by atoms with Crippen molar-refractivity contribution in [3.8, 4) is 0 Å². The Hall–Kier alpha value is -2.64. The Morgan fingerprint density at radius 1 is 0.958 bits per heavy atom. The second-order valence-electron chi connectivity index (χ2n) is 5.53. The highest BCUT2D eigenvalue weighted by molar-refractivity contribution is 5.87. The number of carbonyl (C=O) groups is 3. The SMILES string of the molecule is O=C(CNC(=O)NCc1ccc(F)cc1)NCC(=O)N1CCCC1. The van der Waals surface area contributed by atoms with E-state index < -0.39 is 11.9 Å². The highest BCUT2D eigenvalue weighted by Gasteiger charge is 2.18. The molecule has 0 spiro atoms. The van der Waals surface area contributed by atoms with E-state index >= 15 is 0 Å². The zero-order chi connectivity index (χ0) is 17.4. The van der Waals surface area contributed by atoms with Gasteiger partial charge in [0.15, 0.2) is 0 Å². The topological polar surface area (TPSA) is 90.5 Å². The molecule has 0 atom stereocenters. The Morgan fingerprint density at radius 3 is 2.29 bits per heavy atom. The van der Waals surface area contributed by atoms with E-state index in [9.17, 15) is 18.8 Å². The van der Waals surface area contributed by atoms with Crippen LogP contribution in [0.3, 0.4) is 0 Å². The first-order valence-corrected chi connectivity index (χ1v) is 7.85. The predicted octanol–water partition coefficient (Wildman–Crippen LogP) is 0.364. The predicted molar refractivity (Wildman–Crippen MR) is 85.5 cm³/mol. The van der Waals surface area contributed by atoms with Crippen LogP contribution in [0.4, 0.5) is 9.18 Å². The zero-order valence-corrected chi connectivity index (χ0v) is 13.3. The number of nitrogens with one attached hydrogen (secondary N) is 3. The minimum Gasteiger partial charge on any atom is -0.345 e. The van der Waals surface area contributed by atoms with E-state index in [2.05, 4.69) is 16.0 Å². The van der Waals surface area contributed by atoms with Crippen molar-refractivity contribution in [1.29, 1.82) is 0 Å². The first kappa shape index (κ1) is 17.7. The fourth-order valence-corrected chi connectivity index (χ4v) is 2.32. The number of hydrogen-bond donors (Lipinski definition) is 3. The van der Waals surface area contributed by atoms with Crippen molar-refractivity contribution in [1.82, 2.24) is 20.9 Å². The molecule has 1 aromatic rings. The number of carbonyl (C=O) groups excluding carboxylic acids is 3. The summed E-state index contributed by atoms with van der Waals surface area (Å²) < 4.78 is 12.8. The van der Waals surface area contributed by atoms with E-state index in [4.69, 9.17) is 0 Å². The Labute approximate surface area is 139 Å². The quantitative estimate of drug-likeness (QED) is 0.701. The van der Waals surface area contributed by atoms with Crippen LogP contribution in [0.15, 0.2) is 24.3 Å². The number of likely N-dealkylation sites (tertiary alicyclic amines) is 1. The summed E-state index contributed by atoms with van der Waals surface area (Å²) in [7, 11) is 0. The summed E-state index contributed by atoms with van der Waals surface area (Å²) in [5.41, 5.74) is 0.743. The van der Waals surface area contributed by atoms with Gasteiger partial charge in [-0.05, 0) is 30.5 Å². The molecule has 3 N–H and O–H groups in total. The van der Waals surface area contributed by atoms with Gasteiger partial charge in [0.1, 0.15) is 5.82 Å². The van der Waals surface area contributed by atoms with Crippen molar-refractivity contribution in [3.63, 3.8) is 0 Å². The molecule has 1 aliphatic heterocycles. The van der Waals surface area contributed by atoms with Crippen LogP contribution in [0.5, 0.6) is 0 Å². The van der Waals surface area contributed by atoms with Gasteiger partial charge in [-0.25, -0.2) is 9.18 Å². The molecule has 130 valence electrons. The highest BCUT2D eigenvalue weighted by atomic mass is 19.1. The van der Waals surface area contributed by atoms with Crippen LogP contribution >= 0.6 is 0 Å². The fraction of sp³-hybridized carbons (Fsp3) is 0.438. The first-order chi connectivity index (χ1) is 11.5. The Morgan fingerprint density at radius 2 is 1.62 bits per heavy atom. The van der Waals surface area contributed by atoms with Crippen molar-refractivity contribution in [2.45, 2.75) is 19.4 Å². The second kappa shape index (κ2) is 8.85. The normalized spacial score (nSPS) is 13.5. The Kier molecular flexibility index (Phi) is 6.53. The van der Waals surface area contributed by atoms with Crippen molar-refractivity contribution in [3.05, 3.63) is 35.6 Å². The van der Waals surface area contributed by atoms with Gasteiger partial charge >= 0.3 is 6.03 Å². The lowest BCUT2D eigenvalue weighted by Gasteiger charge is -2.15. The molecule has 24 heavy (non-hydrogen) atoms. The van der Waals surface area contributed by atoms with E-state index in [1.54, 1.807) is 17.0 Å². The second-order valence-corrected chi connectivity index (χ2v) is 5.53. The lowest BCUT2D eigenvalue weighted by Crippen LogP contribution is -2.44. The molecule has 7 nitrogen and oxygen atoms in total. The van der Waals surface area contributed by atoms with Crippen LogP contribution in [-0.2, 0) is 16.1 Å². The molecule has 2 rings (SSSR count). The number of urea groups is 1. The molecule has 4 amide bonds. The van der Waals surface area contributed by atoms with Crippen molar-refractivity contribution < 1.29 is 18.8 Å². The smallest absolute Gasteiger partial charge is 0.315 e. The average molecular weight is 336 g/mol. The summed E-state index contributed by atoms with van der Waals surface area (Å²) in [6, 6.07) is 5.22. The molecule has 8 heteroatoms. The van der Waals surface area contributed by atoms with Gasteiger partial charge in [-0.2, -0.15) is 0 Å². The van der Waals surface area contributed by atoms with Gasteiger partial charge in [-0.15, -0.1) is 0 Å². The fourth-order valence-electron chi connectivity index (χ4n) is 2.32. The molecular formula is C16H21FN4O3. The largest absolute Gasteiger partial charge is 0.345 e.